The molecule has 1 N–H and O–H groups in total. The quantitative estimate of drug-likeness (QED) is 0.689. The Morgan fingerprint density at radius 2 is 2.24 bits per heavy atom. The fraction of sp³-hybridized carbons (Fsp3) is 0.143. The van der Waals surface area contributed by atoms with Crippen LogP contribution in [0, 0.1) is 11.3 Å². The van der Waals surface area contributed by atoms with E-state index in [1.165, 1.54) is 13.3 Å². The summed E-state index contributed by atoms with van der Waals surface area (Å²) in [6, 6.07) is 8.98. The third-order valence-corrected chi connectivity index (χ3v) is 2.93. The molecule has 7 heteroatoms. The Balaban J connectivity index is 2.23. The third-order valence-electron chi connectivity index (χ3n) is 2.75. The van der Waals surface area contributed by atoms with Gasteiger partial charge in [0.25, 0.3) is 0 Å². The number of benzene rings is 1. The summed E-state index contributed by atoms with van der Waals surface area (Å²) < 4.78 is 4.73. The van der Waals surface area contributed by atoms with Crippen LogP contribution in [-0.4, -0.2) is 23.0 Å². The standard InChI is InChI=1S/C14H11ClN4O2/c1-21-13(20)11-5-3-2-4-9(11)7-17-12-10(6-16)8-18-14(15)19-12/h2-5,8H,7H2,1H3,(H,17,18,19). The Hall–Kier alpha value is -2.65. The zero-order valence-electron chi connectivity index (χ0n) is 11.1. The van der Waals surface area contributed by atoms with Crippen molar-refractivity contribution < 1.29 is 9.53 Å². The maximum Gasteiger partial charge on any atom is 0.338 e. The summed E-state index contributed by atoms with van der Waals surface area (Å²) >= 11 is 5.71. The summed E-state index contributed by atoms with van der Waals surface area (Å²) in [5.41, 5.74) is 1.45. The van der Waals surface area contributed by atoms with E-state index in [0.29, 0.717) is 17.9 Å². The first-order valence-electron chi connectivity index (χ1n) is 5.98. The van der Waals surface area contributed by atoms with E-state index in [4.69, 9.17) is 21.6 Å². The number of halogens is 1. The summed E-state index contributed by atoms with van der Waals surface area (Å²) in [6.07, 6.45) is 1.34. The lowest BCUT2D eigenvalue weighted by Crippen LogP contribution is -2.10. The Morgan fingerprint density at radius 3 is 2.95 bits per heavy atom. The second-order valence-corrected chi connectivity index (χ2v) is 4.35. The smallest absolute Gasteiger partial charge is 0.338 e. The van der Waals surface area contributed by atoms with Gasteiger partial charge in [0, 0.05) is 6.54 Å². The average molecular weight is 303 g/mol. The molecule has 2 aromatic rings. The highest BCUT2D eigenvalue weighted by Gasteiger charge is 2.12. The number of nitrogens with one attached hydrogen (secondary N) is 1. The van der Waals surface area contributed by atoms with Crippen molar-refractivity contribution in [3.63, 3.8) is 0 Å². The molecule has 1 aromatic heterocycles. The molecular weight excluding hydrogens is 292 g/mol. The molecule has 0 aliphatic rings. The van der Waals surface area contributed by atoms with E-state index in [2.05, 4.69) is 15.3 Å². The fourth-order valence-electron chi connectivity index (χ4n) is 1.74. The highest BCUT2D eigenvalue weighted by Crippen LogP contribution is 2.16. The van der Waals surface area contributed by atoms with Gasteiger partial charge in [-0.2, -0.15) is 10.2 Å². The molecule has 0 aliphatic carbocycles. The number of aromatic nitrogens is 2. The van der Waals surface area contributed by atoms with Gasteiger partial charge >= 0.3 is 5.97 Å². The van der Waals surface area contributed by atoms with Crippen molar-refractivity contribution in [2.24, 2.45) is 0 Å². The van der Waals surface area contributed by atoms with Gasteiger partial charge in [-0.05, 0) is 23.2 Å². The molecule has 0 fully saturated rings. The van der Waals surface area contributed by atoms with Crippen LogP contribution in [0.3, 0.4) is 0 Å². The van der Waals surface area contributed by atoms with Crippen molar-refractivity contribution in [1.29, 1.82) is 5.26 Å². The van der Waals surface area contributed by atoms with Crippen molar-refractivity contribution in [2.75, 3.05) is 12.4 Å². The van der Waals surface area contributed by atoms with Crippen LogP contribution >= 0.6 is 11.6 Å². The van der Waals surface area contributed by atoms with Gasteiger partial charge in [-0.3, -0.25) is 0 Å². The number of anilines is 1. The van der Waals surface area contributed by atoms with Crippen molar-refractivity contribution in [3.05, 3.63) is 52.4 Å². The number of ether oxygens (including phenoxy) is 1. The third kappa shape index (κ3) is 3.46. The minimum absolute atomic E-state index is 0.0396. The van der Waals surface area contributed by atoms with Gasteiger partial charge in [-0.1, -0.05) is 18.2 Å². The number of nitriles is 1. The van der Waals surface area contributed by atoms with Crippen molar-refractivity contribution in [3.8, 4) is 6.07 Å². The van der Waals surface area contributed by atoms with Crippen LogP contribution in [-0.2, 0) is 11.3 Å². The van der Waals surface area contributed by atoms with Gasteiger partial charge in [-0.15, -0.1) is 0 Å². The van der Waals surface area contributed by atoms with Gasteiger partial charge in [0.2, 0.25) is 5.28 Å². The van der Waals surface area contributed by atoms with E-state index in [1.54, 1.807) is 18.2 Å². The number of carbonyl (C=O) groups is 1. The molecule has 1 aromatic carbocycles. The Morgan fingerprint density at radius 1 is 1.48 bits per heavy atom. The minimum atomic E-state index is -0.423. The summed E-state index contributed by atoms with van der Waals surface area (Å²) in [4.78, 5) is 19.4. The molecule has 0 atom stereocenters. The lowest BCUT2D eigenvalue weighted by atomic mass is 10.1. The minimum Gasteiger partial charge on any atom is -0.465 e. The molecule has 0 aliphatic heterocycles. The molecule has 0 spiro atoms. The molecule has 106 valence electrons. The van der Waals surface area contributed by atoms with Crippen LogP contribution in [0.2, 0.25) is 5.28 Å². The van der Waals surface area contributed by atoms with E-state index < -0.39 is 5.97 Å². The fourth-order valence-corrected chi connectivity index (χ4v) is 1.87. The lowest BCUT2D eigenvalue weighted by Gasteiger charge is -2.10. The van der Waals surface area contributed by atoms with Crippen LogP contribution in [0.5, 0.6) is 0 Å². The van der Waals surface area contributed by atoms with Crippen LogP contribution in [0.25, 0.3) is 0 Å². The number of carbonyl (C=O) groups excluding carboxylic acids is 1. The Labute approximate surface area is 126 Å². The molecular formula is C14H11ClN4O2. The first kappa shape index (κ1) is 14.8. The maximum absolute atomic E-state index is 11.7. The van der Waals surface area contributed by atoms with Gasteiger partial charge in [0.05, 0.1) is 18.9 Å². The van der Waals surface area contributed by atoms with Crippen LogP contribution in [0.15, 0.2) is 30.5 Å². The van der Waals surface area contributed by atoms with E-state index >= 15 is 0 Å². The molecule has 0 saturated carbocycles. The second-order valence-electron chi connectivity index (χ2n) is 4.02. The average Bonchev–Trinajstić information content (AvgIpc) is 2.52. The molecule has 6 nitrogen and oxygen atoms in total. The Kier molecular flexibility index (Phi) is 4.69. The first-order chi connectivity index (χ1) is 10.2. The van der Waals surface area contributed by atoms with Gasteiger partial charge in [-0.25, -0.2) is 9.78 Å². The SMILES string of the molecule is COC(=O)c1ccccc1CNc1nc(Cl)ncc1C#N. The zero-order valence-corrected chi connectivity index (χ0v) is 11.9. The zero-order chi connectivity index (χ0) is 15.2. The Bertz CT molecular complexity index is 712. The van der Waals surface area contributed by atoms with Gasteiger partial charge in [0.1, 0.15) is 17.5 Å². The van der Waals surface area contributed by atoms with Gasteiger partial charge < -0.3 is 10.1 Å². The monoisotopic (exact) mass is 302 g/mol. The summed E-state index contributed by atoms with van der Waals surface area (Å²) in [5.74, 6) is -0.106. The number of hydrogen-bond acceptors (Lipinski definition) is 6. The van der Waals surface area contributed by atoms with Crippen LogP contribution < -0.4 is 5.32 Å². The normalized spacial score (nSPS) is 9.76. The van der Waals surface area contributed by atoms with Crippen LogP contribution in [0.1, 0.15) is 21.5 Å². The van der Waals surface area contributed by atoms with E-state index in [-0.39, 0.29) is 10.8 Å². The molecule has 0 unspecified atom stereocenters. The molecule has 21 heavy (non-hydrogen) atoms. The largest absolute Gasteiger partial charge is 0.465 e. The number of nitrogens with zero attached hydrogens (tertiary/aromatic N) is 3. The summed E-state index contributed by atoms with van der Waals surface area (Å²) in [6.45, 7) is 0.299. The highest BCUT2D eigenvalue weighted by atomic mass is 35.5. The van der Waals surface area contributed by atoms with E-state index in [0.717, 1.165) is 5.56 Å². The number of methoxy groups -OCH3 is 1. The second kappa shape index (κ2) is 6.68. The van der Waals surface area contributed by atoms with Crippen LogP contribution in [0.4, 0.5) is 5.82 Å². The summed E-state index contributed by atoms with van der Waals surface area (Å²) in [5, 5.41) is 12.0. The summed E-state index contributed by atoms with van der Waals surface area (Å²) in [7, 11) is 1.32. The number of rotatable bonds is 4. The molecule has 0 amide bonds. The van der Waals surface area contributed by atoms with Gasteiger partial charge in [0.15, 0.2) is 0 Å². The van der Waals surface area contributed by atoms with E-state index in [1.807, 2.05) is 12.1 Å². The van der Waals surface area contributed by atoms with E-state index in [9.17, 15) is 4.79 Å². The molecule has 0 radical (unpaired) electrons. The first-order valence-corrected chi connectivity index (χ1v) is 6.36. The predicted molar refractivity (Wildman–Crippen MR) is 76.9 cm³/mol. The highest BCUT2D eigenvalue weighted by molar-refractivity contribution is 6.28. The van der Waals surface area contributed by atoms with Crippen molar-refractivity contribution in [1.82, 2.24) is 9.97 Å². The molecule has 2 rings (SSSR count). The van der Waals surface area contributed by atoms with Crippen molar-refractivity contribution in [2.45, 2.75) is 6.54 Å². The molecule has 0 bridgehead atoms. The topological polar surface area (TPSA) is 87.9 Å². The maximum atomic E-state index is 11.7. The lowest BCUT2D eigenvalue weighted by molar-refractivity contribution is 0.0599. The molecule has 1 heterocycles. The predicted octanol–water partition coefficient (Wildman–Crippen LogP) is 2.40. The molecule has 0 saturated heterocycles. The van der Waals surface area contributed by atoms with Crippen molar-refractivity contribution >= 4 is 23.4 Å². The number of esters is 1. The number of hydrogen-bond donors (Lipinski definition) is 1.